The molecular weight excluding hydrogens is 338 g/mol. The minimum atomic E-state index is -0.932. The molecule has 8 heteroatoms. The van der Waals surface area contributed by atoms with E-state index >= 15 is 0 Å². The maximum atomic E-state index is 12.3. The number of rotatable bonds is 6. The number of ether oxygens (including phenoxy) is 2. The van der Waals surface area contributed by atoms with Crippen molar-refractivity contribution in [2.24, 2.45) is 0 Å². The molecule has 2 aromatic rings. The van der Waals surface area contributed by atoms with E-state index in [2.05, 4.69) is 0 Å². The number of halogens is 1. The summed E-state index contributed by atoms with van der Waals surface area (Å²) >= 11 is 5.72. The van der Waals surface area contributed by atoms with Crippen LogP contribution in [0.4, 0.5) is 5.69 Å². The Bertz CT molecular complexity index is 805. The van der Waals surface area contributed by atoms with Crippen molar-refractivity contribution in [2.45, 2.75) is 6.92 Å². The summed E-state index contributed by atoms with van der Waals surface area (Å²) in [4.78, 5) is 33.4. The number of nitro groups is 1. The maximum Gasteiger partial charge on any atom is 0.350 e. The van der Waals surface area contributed by atoms with Gasteiger partial charge in [-0.2, -0.15) is 0 Å². The molecule has 0 aromatic heterocycles. The molecule has 0 radical (unpaired) electrons. The van der Waals surface area contributed by atoms with Gasteiger partial charge in [-0.1, -0.05) is 11.6 Å². The van der Waals surface area contributed by atoms with Crippen LogP contribution >= 0.6 is 11.6 Å². The van der Waals surface area contributed by atoms with Gasteiger partial charge in [-0.25, -0.2) is 4.79 Å². The Balaban J connectivity index is 2.36. The fourth-order valence-corrected chi connectivity index (χ4v) is 2.10. The van der Waals surface area contributed by atoms with E-state index in [1.807, 2.05) is 0 Å². The first-order valence-electron chi connectivity index (χ1n) is 6.84. The van der Waals surface area contributed by atoms with E-state index in [9.17, 15) is 19.7 Å². The molecule has 0 fully saturated rings. The molecule has 0 aliphatic carbocycles. The third kappa shape index (κ3) is 3.88. The topological polar surface area (TPSA) is 95.7 Å². The number of nitrogens with zero attached hydrogens (tertiary/aromatic N) is 1. The summed E-state index contributed by atoms with van der Waals surface area (Å²) in [7, 11) is 0. The van der Waals surface area contributed by atoms with Crippen LogP contribution in [0.1, 0.15) is 27.6 Å². The summed E-state index contributed by atoms with van der Waals surface area (Å²) in [6, 6.07) is 7.86. The van der Waals surface area contributed by atoms with Crippen LogP contribution < -0.4 is 9.47 Å². The molecule has 0 amide bonds. The van der Waals surface area contributed by atoms with Crippen LogP contribution in [0.25, 0.3) is 0 Å². The van der Waals surface area contributed by atoms with Crippen molar-refractivity contribution in [3.63, 3.8) is 0 Å². The van der Waals surface area contributed by atoms with Crippen molar-refractivity contribution in [1.82, 2.24) is 0 Å². The zero-order chi connectivity index (χ0) is 17.7. The monoisotopic (exact) mass is 349 g/mol. The third-order valence-electron chi connectivity index (χ3n) is 2.98. The molecule has 24 heavy (non-hydrogen) atoms. The maximum absolute atomic E-state index is 12.3. The molecule has 0 unspecified atom stereocenters. The summed E-state index contributed by atoms with van der Waals surface area (Å²) in [5.41, 5.74) is -0.364. The molecule has 7 nitrogen and oxygen atoms in total. The molecule has 0 aliphatic heterocycles. The Labute approximate surface area is 141 Å². The van der Waals surface area contributed by atoms with Gasteiger partial charge in [0.1, 0.15) is 11.8 Å². The van der Waals surface area contributed by atoms with Gasteiger partial charge in [-0.05, 0) is 37.3 Å². The van der Waals surface area contributed by atoms with E-state index in [1.165, 1.54) is 30.3 Å². The normalized spacial score (nSPS) is 10.1. The molecule has 0 N–H and O–H groups in total. The van der Waals surface area contributed by atoms with Crippen LogP contribution in [0.2, 0.25) is 5.02 Å². The van der Waals surface area contributed by atoms with Crippen molar-refractivity contribution in [1.29, 1.82) is 0 Å². The summed E-state index contributed by atoms with van der Waals surface area (Å²) in [6.45, 7) is 2.01. The van der Waals surface area contributed by atoms with Crippen molar-refractivity contribution in [3.8, 4) is 11.5 Å². The third-order valence-corrected chi connectivity index (χ3v) is 3.22. The number of hydrogen-bond donors (Lipinski definition) is 0. The van der Waals surface area contributed by atoms with Crippen LogP contribution in [-0.2, 0) is 0 Å². The number of nitro benzene ring substituents is 1. The van der Waals surface area contributed by atoms with E-state index in [0.717, 1.165) is 6.07 Å². The molecule has 0 atom stereocenters. The lowest BCUT2D eigenvalue weighted by atomic mass is 10.2. The average Bonchev–Trinajstić information content (AvgIpc) is 2.56. The number of benzene rings is 2. The highest BCUT2D eigenvalue weighted by molar-refractivity contribution is 6.31. The van der Waals surface area contributed by atoms with Gasteiger partial charge >= 0.3 is 5.97 Å². The first kappa shape index (κ1) is 17.4. The minimum Gasteiger partial charge on any atom is -0.490 e. The molecule has 0 saturated heterocycles. The van der Waals surface area contributed by atoms with Crippen LogP contribution in [-0.4, -0.2) is 23.8 Å². The zero-order valence-corrected chi connectivity index (χ0v) is 13.3. The fourth-order valence-electron chi connectivity index (χ4n) is 1.93. The zero-order valence-electron chi connectivity index (χ0n) is 12.5. The molecule has 2 rings (SSSR count). The first-order chi connectivity index (χ1) is 11.5. The Morgan fingerprint density at radius 1 is 1.25 bits per heavy atom. The number of aldehydes is 1. The second-order valence-corrected chi connectivity index (χ2v) is 5.00. The van der Waals surface area contributed by atoms with E-state index in [1.54, 1.807) is 6.92 Å². The van der Waals surface area contributed by atoms with Crippen molar-refractivity contribution in [2.75, 3.05) is 6.61 Å². The SMILES string of the molecule is CCOc1cc(C=O)ccc1OC(=O)c1ccc(Cl)cc1[N+](=O)[O-]. The van der Waals surface area contributed by atoms with Gasteiger partial charge in [-0.3, -0.25) is 14.9 Å². The Hall–Kier alpha value is -2.93. The van der Waals surface area contributed by atoms with Gasteiger partial charge in [-0.15, -0.1) is 0 Å². The van der Waals surface area contributed by atoms with Crippen molar-refractivity contribution < 1.29 is 24.0 Å². The first-order valence-corrected chi connectivity index (χ1v) is 7.22. The van der Waals surface area contributed by atoms with Gasteiger partial charge in [0.15, 0.2) is 11.5 Å². The minimum absolute atomic E-state index is 0.0525. The number of carbonyl (C=O) groups is 2. The average molecular weight is 350 g/mol. The van der Waals surface area contributed by atoms with E-state index in [4.69, 9.17) is 21.1 Å². The standard InChI is InChI=1S/C16H12ClNO6/c1-2-23-15-7-10(9-19)3-6-14(15)24-16(20)12-5-4-11(17)8-13(12)18(21)22/h3-9H,2H2,1H3. The number of esters is 1. The Kier molecular flexibility index (Phi) is 5.49. The second-order valence-electron chi connectivity index (χ2n) is 4.57. The van der Waals surface area contributed by atoms with E-state index < -0.39 is 16.6 Å². The lowest BCUT2D eigenvalue weighted by Crippen LogP contribution is -2.12. The summed E-state index contributed by atoms with van der Waals surface area (Å²) < 4.78 is 10.5. The molecule has 0 saturated carbocycles. The van der Waals surface area contributed by atoms with Gasteiger partial charge in [0.25, 0.3) is 5.69 Å². The fraction of sp³-hybridized carbons (Fsp3) is 0.125. The molecular formula is C16H12ClNO6. The molecule has 0 aliphatic rings. The lowest BCUT2D eigenvalue weighted by molar-refractivity contribution is -0.385. The number of hydrogen-bond acceptors (Lipinski definition) is 6. The summed E-state index contributed by atoms with van der Waals surface area (Å²) in [5.74, 6) is -0.693. The molecule has 0 bridgehead atoms. The summed E-state index contributed by atoms with van der Waals surface area (Å²) in [5, 5.41) is 11.2. The number of carbonyl (C=O) groups excluding carboxylic acids is 2. The van der Waals surface area contributed by atoms with Gasteiger partial charge in [0, 0.05) is 16.7 Å². The van der Waals surface area contributed by atoms with Crippen LogP contribution in [0.15, 0.2) is 36.4 Å². The van der Waals surface area contributed by atoms with Crippen LogP contribution in [0.3, 0.4) is 0 Å². The summed E-state index contributed by atoms with van der Waals surface area (Å²) in [6.07, 6.45) is 0.623. The van der Waals surface area contributed by atoms with Crippen molar-refractivity contribution >= 4 is 29.5 Å². The Morgan fingerprint density at radius 3 is 2.62 bits per heavy atom. The lowest BCUT2D eigenvalue weighted by Gasteiger charge is -2.11. The highest BCUT2D eigenvalue weighted by atomic mass is 35.5. The largest absolute Gasteiger partial charge is 0.490 e. The predicted octanol–water partition coefficient (Wildman–Crippen LogP) is 3.68. The second kappa shape index (κ2) is 7.56. The molecule has 0 spiro atoms. The highest BCUT2D eigenvalue weighted by Crippen LogP contribution is 2.30. The smallest absolute Gasteiger partial charge is 0.350 e. The van der Waals surface area contributed by atoms with Crippen LogP contribution in [0, 0.1) is 10.1 Å². The predicted molar refractivity (Wildman–Crippen MR) is 86.1 cm³/mol. The quantitative estimate of drug-likeness (QED) is 0.259. The van der Waals surface area contributed by atoms with Gasteiger partial charge in [0.05, 0.1) is 11.5 Å². The van der Waals surface area contributed by atoms with E-state index in [-0.39, 0.29) is 28.7 Å². The van der Waals surface area contributed by atoms with Gasteiger partial charge in [0.2, 0.25) is 0 Å². The van der Waals surface area contributed by atoms with Crippen molar-refractivity contribution in [3.05, 3.63) is 62.7 Å². The Morgan fingerprint density at radius 2 is 2.00 bits per heavy atom. The van der Waals surface area contributed by atoms with Crippen LogP contribution in [0.5, 0.6) is 11.5 Å². The van der Waals surface area contributed by atoms with E-state index in [0.29, 0.717) is 11.8 Å². The molecule has 2 aromatic carbocycles. The van der Waals surface area contributed by atoms with Gasteiger partial charge < -0.3 is 9.47 Å². The molecule has 0 heterocycles. The molecule has 124 valence electrons. The highest BCUT2D eigenvalue weighted by Gasteiger charge is 2.23.